The van der Waals surface area contributed by atoms with E-state index < -0.39 is 113 Å². The Balaban J connectivity index is 5.84. The number of hydrogen-bond donors (Lipinski definition) is 0. The number of rotatable bonds is 20. The van der Waals surface area contributed by atoms with E-state index in [1.807, 2.05) is 58.9 Å². The van der Waals surface area contributed by atoms with Gasteiger partial charge in [-0.15, -0.1) is 0 Å². The van der Waals surface area contributed by atoms with Crippen molar-refractivity contribution in [2.45, 2.75) is 126 Å². The maximum Gasteiger partial charge on any atom is 0.473 e. The van der Waals surface area contributed by atoms with Crippen LogP contribution < -0.4 is 0 Å². The Kier molecular flexibility index (Phi) is 15.5. The molecular formula is C25H39F15O7Si4. The Morgan fingerprint density at radius 3 is 1.27 bits per heavy atom. The summed E-state index contributed by atoms with van der Waals surface area (Å²) < 4.78 is 229. The fourth-order valence-electron chi connectivity index (χ4n) is 3.75. The molecule has 0 aromatic carbocycles. The Morgan fingerprint density at radius 2 is 0.902 bits per heavy atom. The minimum atomic E-state index is -8.20. The minimum Gasteiger partial charge on any atom is -0.463 e. The van der Waals surface area contributed by atoms with E-state index in [0.29, 0.717) is 0 Å². The maximum atomic E-state index is 14.0. The molecule has 0 saturated heterocycles. The van der Waals surface area contributed by atoms with Gasteiger partial charge in [0.1, 0.15) is 0 Å². The highest BCUT2D eigenvalue weighted by Gasteiger charge is 2.91. The first-order chi connectivity index (χ1) is 22.1. The molecule has 0 heterocycles. The zero-order valence-corrected chi connectivity index (χ0v) is 32.7. The van der Waals surface area contributed by atoms with E-state index in [2.05, 4.69) is 4.74 Å². The number of carbonyl (C=O) groups excluding carboxylic acids is 2. The van der Waals surface area contributed by atoms with E-state index >= 15 is 0 Å². The Bertz CT molecular complexity index is 1190. The summed E-state index contributed by atoms with van der Waals surface area (Å²) in [5, 5.41) is 0. The molecule has 0 atom stereocenters. The first kappa shape index (κ1) is 49.4. The van der Waals surface area contributed by atoms with Gasteiger partial charge in [0.2, 0.25) is 0 Å². The average molecular weight is 849 g/mol. The maximum absolute atomic E-state index is 14.0. The van der Waals surface area contributed by atoms with E-state index in [1.54, 1.807) is 0 Å². The van der Waals surface area contributed by atoms with E-state index in [4.69, 9.17) is 17.1 Å². The molecule has 51 heavy (non-hydrogen) atoms. The van der Waals surface area contributed by atoms with Crippen LogP contribution in [0.15, 0.2) is 12.2 Å². The van der Waals surface area contributed by atoms with Crippen LogP contribution in [0.5, 0.6) is 0 Å². The summed E-state index contributed by atoms with van der Waals surface area (Å²) in [5.74, 6) is -43.2. The molecule has 0 unspecified atom stereocenters. The first-order valence-electron chi connectivity index (χ1n) is 14.6. The lowest BCUT2D eigenvalue weighted by molar-refractivity contribution is -0.451. The van der Waals surface area contributed by atoms with Crippen LogP contribution in [0.25, 0.3) is 0 Å². The summed E-state index contributed by atoms with van der Waals surface area (Å²) >= 11 is 0. The van der Waals surface area contributed by atoms with Gasteiger partial charge in [-0.2, -0.15) is 65.9 Å². The quantitative estimate of drug-likeness (QED) is 0.0397. The predicted molar refractivity (Wildman–Crippen MR) is 160 cm³/mol. The van der Waals surface area contributed by atoms with Crippen molar-refractivity contribution in [3.63, 3.8) is 0 Å². The zero-order valence-electron chi connectivity index (χ0n) is 28.7. The average Bonchev–Trinajstić information content (AvgIpc) is 2.84. The highest BCUT2D eigenvalue weighted by atomic mass is 28.5. The van der Waals surface area contributed by atoms with Crippen LogP contribution in [0.1, 0.15) is 19.3 Å². The first-order valence-corrected chi connectivity index (χ1v) is 26.7. The van der Waals surface area contributed by atoms with Gasteiger partial charge < -0.3 is 21.8 Å². The van der Waals surface area contributed by atoms with E-state index in [0.717, 1.165) is 0 Å². The molecule has 0 aromatic rings. The number of ether oxygens (including phenoxy) is 2. The molecule has 0 spiro atoms. The fourth-order valence-corrected chi connectivity index (χ4v) is 18.4. The van der Waals surface area contributed by atoms with Crippen LogP contribution in [-0.2, 0) is 31.4 Å². The monoisotopic (exact) mass is 848 g/mol. The summed E-state index contributed by atoms with van der Waals surface area (Å²) in [6.45, 7) is 16.4. The summed E-state index contributed by atoms with van der Waals surface area (Å²) in [5.41, 5.74) is 0. The Morgan fingerprint density at radius 1 is 0.529 bits per heavy atom. The van der Waals surface area contributed by atoms with Crippen LogP contribution in [-0.4, -0.2) is 94.2 Å². The molecule has 0 aliphatic rings. The number of alkyl halides is 15. The van der Waals surface area contributed by atoms with Crippen LogP contribution in [0.3, 0.4) is 0 Å². The van der Waals surface area contributed by atoms with E-state index in [9.17, 15) is 75.4 Å². The van der Waals surface area contributed by atoms with Crippen molar-refractivity contribution in [1.29, 1.82) is 0 Å². The smallest absolute Gasteiger partial charge is 0.463 e. The lowest BCUT2D eigenvalue weighted by atomic mass is 9.91. The number of esters is 2. The van der Waals surface area contributed by atoms with Crippen molar-refractivity contribution in [1.82, 2.24) is 0 Å². The summed E-state index contributed by atoms with van der Waals surface area (Å²) in [4.78, 5) is 23.6. The lowest BCUT2D eigenvalue weighted by Crippen LogP contribution is -2.71. The fraction of sp³-hybridized carbons (Fsp3) is 0.840. The molecule has 0 bridgehead atoms. The second-order valence-electron chi connectivity index (χ2n) is 14.0. The van der Waals surface area contributed by atoms with Gasteiger partial charge >= 0.3 is 62.6 Å². The van der Waals surface area contributed by atoms with Crippen molar-refractivity contribution in [2.24, 2.45) is 0 Å². The number of halogens is 15. The van der Waals surface area contributed by atoms with Crippen LogP contribution >= 0.6 is 0 Å². The van der Waals surface area contributed by atoms with Crippen molar-refractivity contribution in [3.8, 4) is 0 Å². The molecule has 0 saturated carbocycles. The second kappa shape index (κ2) is 16.0. The van der Waals surface area contributed by atoms with Crippen molar-refractivity contribution < 1.29 is 97.3 Å². The molecule has 0 aliphatic heterocycles. The predicted octanol–water partition coefficient (Wildman–Crippen LogP) is 9.62. The molecule has 0 amide bonds. The molecule has 0 fully saturated rings. The highest BCUT2D eigenvalue weighted by Crippen LogP contribution is 2.61. The summed E-state index contributed by atoms with van der Waals surface area (Å²) in [6.07, 6.45) is -19.7. The lowest BCUT2D eigenvalue weighted by Gasteiger charge is -2.42. The van der Waals surface area contributed by atoms with Crippen LogP contribution in [0.2, 0.25) is 65.0 Å². The van der Waals surface area contributed by atoms with Crippen molar-refractivity contribution in [2.75, 3.05) is 6.61 Å². The van der Waals surface area contributed by atoms with Gasteiger partial charge in [0.25, 0.3) is 0 Å². The van der Waals surface area contributed by atoms with Gasteiger partial charge in [-0.3, -0.25) is 0 Å². The van der Waals surface area contributed by atoms with Gasteiger partial charge in [0.05, 0.1) is 6.61 Å². The highest BCUT2D eigenvalue weighted by molar-refractivity contribution is 6.90. The zero-order chi connectivity index (χ0) is 41.1. The number of carbonyl (C=O) groups is 2. The minimum absolute atomic E-state index is 0.00314. The van der Waals surface area contributed by atoms with Gasteiger partial charge in [0, 0.05) is 31.0 Å². The number of hydrogen-bond acceptors (Lipinski definition) is 7. The van der Waals surface area contributed by atoms with Crippen molar-refractivity contribution in [3.05, 3.63) is 12.2 Å². The summed E-state index contributed by atoms with van der Waals surface area (Å²) in [7, 11) is -10.3. The van der Waals surface area contributed by atoms with E-state index in [1.165, 1.54) is 0 Å². The summed E-state index contributed by atoms with van der Waals surface area (Å²) in [6, 6.07) is 0.109. The molecule has 0 aliphatic carbocycles. The van der Waals surface area contributed by atoms with Crippen LogP contribution in [0, 0.1) is 0 Å². The SMILES string of the molecule is C[Si](C)(C)O[Si](CCCOC(=O)C=CC(=O)OC(F)(F)C(F)(F)C(F)(F)C(F)(F)C(F)(F)C(F)(F)CCC(F)(F)F)(O[Si](C)(C)C)O[Si](C)(C)C. The van der Waals surface area contributed by atoms with Gasteiger partial charge in [-0.1, -0.05) is 0 Å². The third-order valence-electron chi connectivity index (χ3n) is 5.57. The Hall–Kier alpha value is -1.62. The van der Waals surface area contributed by atoms with Gasteiger partial charge in [-0.25, -0.2) is 9.59 Å². The normalized spacial score (nSPS) is 15.4. The third-order valence-corrected chi connectivity index (χ3v) is 17.6. The molecule has 0 rings (SSSR count). The molecule has 0 radical (unpaired) electrons. The van der Waals surface area contributed by atoms with E-state index in [-0.39, 0.29) is 18.5 Å². The van der Waals surface area contributed by atoms with Crippen LogP contribution in [0.4, 0.5) is 65.9 Å². The van der Waals surface area contributed by atoms with Gasteiger partial charge in [-0.05, 0) is 65.3 Å². The molecule has 0 N–H and O–H groups in total. The second-order valence-corrected chi connectivity index (χ2v) is 31.0. The van der Waals surface area contributed by atoms with Gasteiger partial charge in [0.15, 0.2) is 25.0 Å². The van der Waals surface area contributed by atoms with Crippen molar-refractivity contribution >= 4 is 45.7 Å². The standard InChI is InChI=1S/C25H39F15O7Si4/c1-48(2,3)45-51(46-49(4,5)6,47-50(7,8)9)16-10-15-43-17(41)11-12-18(42)44-25(39,40)24(37,38)23(35,36)22(33,34)21(31,32)19(26,27)13-14-20(28,29)30/h11-12H,10,13-16H2,1-9H3. The largest absolute Gasteiger partial charge is 0.473 e. The molecule has 302 valence electrons. The Labute approximate surface area is 287 Å². The third kappa shape index (κ3) is 13.9. The topological polar surface area (TPSA) is 80.3 Å². The molecule has 7 nitrogen and oxygen atoms in total. The molecule has 0 aromatic heterocycles. The molecule has 26 heteroatoms. The molecular weight excluding hydrogens is 810 g/mol.